The monoisotopic (exact) mass is 689 g/mol. The molecule has 1 amide bonds. The number of ether oxygens (including phenoxy) is 1. The van der Waals surface area contributed by atoms with Crippen molar-refractivity contribution in [3.63, 3.8) is 0 Å². The number of likely N-dealkylation sites (tertiary alicyclic amines) is 1. The van der Waals surface area contributed by atoms with Crippen LogP contribution in [0.4, 0.5) is 16.2 Å². The molecule has 5 aromatic rings. The topological polar surface area (TPSA) is 139 Å². The van der Waals surface area contributed by atoms with Gasteiger partial charge in [0.2, 0.25) is 5.56 Å². The number of aromatic nitrogens is 1. The Bertz CT molecular complexity index is 1920. The van der Waals surface area contributed by atoms with Crippen LogP contribution in [0.2, 0.25) is 0 Å². The minimum absolute atomic E-state index is 0.0194. The second-order valence-electron chi connectivity index (χ2n) is 13.1. The third-order valence-corrected chi connectivity index (χ3v) is 9.44. The first-order chi connectivity index (χ1) is 24.9. The van der Waals surface area contributed by atoms with E-state index in [0.29, 0.717) is 29.6 Å². The molecule has 2 heterocycles. The Morgan fingerprint density at radius 2 is 1.65 bits per heavy atom. The van der Waals surface area contributed by atoms with E-state index in [0.717, 1.165) is 80.8 Å². The van der Waals surface area contributed by atoms with Crippen molar-refractivity contribution in [2.24, 2.45) is 0 Å². The number of pyridine rings is 1. The number of fused-ring (bicyclic) bond motifs is 1. The highest BCUT2D eigenvalue weighted by molar-refractivity contribution is 5.91. The molecule has 1 aliphatic heterocycles. The van der Waals surface area contributed by atoms with Crippen LogP contribution in [0, 0.1) is 0 Å². The normalized spacial score (nSPS) is 14.3. The van der Waals surface area contributed by atoms with E-state index < -0.39 is 12.2 Å². The van der Waals surface area contributed by atoms with Gasteiger partial charge in [-0.1, -0.05) is 66.7 Å². The number of phenolic OH excluding ortho intramolecular Hbond substituents is 1. The van der Waals surface area contributed by atoms with E-state index in [1.54, 1.807) is 12.1 Å². The first-order valence-corrected chi connectivity index (χ1v) is 17.8. The third-order valence-electron chi connectivity index (χ3n) is 9.44. The Kier molecular flexibility index (Phi) is 12.4. The predicted octanol–water partition coefficient (Wildman–Crippen LogP) is 6.67. The summed E-state index contributed by atoms with van der Waals surface area (Å²) in [4.78, 5) is 29.5. The number of H-pyrrole nitrogens is 1. The number of amides is 1. The zero-order chi connectivity index (χ0) is 35.4. The zero-order valence-electron chi connectivity index (χ0n) is 28.8. The van der Waals surface area contributed by atoms with Crippen LogP contribution in [0.25, 0.3) is 22.0 Å². The number of aromatic hydroxyl groups is 1. The summed E-state index contributed by atoms with van der Waals surface area (Å²) in [6.45, 7) is 4.86. The fourth-order valence-electron chi connectivity index (χ4n) is 6.62. The molecular weight excluding hydrogens is 642 g/mol. The van der Waals surface area contributed by atoms with Gasteiger partial charge in [-0.3, -0.25) is 10.1 Å². The van der Waals surface area contributed by atoms with Crippen molar-refractivity contribution in [2.45, 2.75) is 44.3 Å². The maximum absolute atomic E-state index is 12.7. The summed E-state index contributed by atoms with van der Waals surface area (Å²) >= 11 is 0. The quantitative estimate of drug-likeness (QED) is 0.0671. The number of aliphatic hydroxyl groups is 1. The molecule has 6 N–H and O–H groups in total. The summed E-state index contributed by atoms with van der Waals surface area (Å²) in [6, 6.07) is 32.5. The number of phenols is 1. The third kappa shape index (κ3) is 9.97. The summed E-state index contributed by atoms with van der Waals surface area (Å²) in [6.07, 6.45) is 3.43. The molecule has 1 fully saturated rings. The van der Waals surface area contributed by atoms with Crippen LogP contribution < -0.4 is 21.5 Å². The lowest BCUT2D eigenvalue weighted by molar-refractivity contribution is 0.0586. The molecule has 10 nitrogen and oxygen atoms in total. The molecular formula is C41H47N5O5. The molecule has 0 spiro atoms. The average Bonchev–Trinajstić information content (AvgIpc) is 3.15. The lowest BCUT2D eigenvalue weighted by Gasteiger charge is -2.31. The van der Waals surface area contributed by atoms with Crippen LogP contribution in [0.1, 0.15) is 42.9 Å². The number of benzene rings is 4. The number of hydrogen-bond donors (Lipinski definition) is 6. The van der Waals surface area contributed by atoms with Gasteiger partial charge in [0.25, 0.3) is 0 Å². The van der Waals surface area contributed by atoms with Gasteiger partial charge in [0.15, 0.2) is 0 Å². The van der Waals surface area contributed by atoms with Crippen molar-refractivity contribution in [1.82, 2.24) is 15.2 Å². The molecule has 51 heavy (non-hydrogen) atoms. The van der Waals surface area contributed by atoms with Gasteiger partial charge >= 0.3 is 6.09 Å². The summed E-state index contributed by atoms with van der Waals surface area (Å²) < 4.78 is 5.79. The van der Waals surface area contributed by atoms with Gasteiger partial charge in [0.1, 0.15) is 11.9 Å². The number of hydrogen-bond acceptors (Lipinski definition) is 8. The number of piperidine rings is 1. The number of carbonyl (C=O) groups is 1. The van der Waals surface area contributed by atoms with Crippen molar-refractivity contribution in [1.29, 1.82) is 0 Å². The van der Waals surface area contributed by atoms with E-state index in [4.69, 9.17) is 4.74 Å². The summed E-state index contributed by atoms with van der Waals surface area (Å²) in [5, 5.41) is 31.3. The zero-order valence-corrected chi connectivity index (χ0v) is 28.8. The largest absolute Gasteiger partial charge is 0.506 e. The van der Waals surface area contributed by atoms with Gasteiger partial charge in [0.05, 0.1) is 17.3 Å². The molecule has 0 bridgehead atoms. The van der Waals surface area contributed by atoms with E-state index in [-0.39, 0.29) is 17.4 Å². The molecule has 0 radical (unpaired) electrons. The highest BCUT2D eigenvalue weighted by Crippen LogP contribution is 2.29. The number of anilines is 2. The Morgan fingerprint density at radius 3 is 2.45 bits per heavy atom. The molecule has 1 saturated heterocycles. The minimum Gasteiger partial charge on any atom is -0.506 e. The van der Waals surface area contributed by atoms with Crippen molar-refractivity contribution in [3.05, 3.63) is 125 Å². The van der Waals surface area contributed by atoms with E-state index in [1.807, 2.05) is 54.6 Å². The van der Waals surface area contributed by atoms with E-state index in [2.05, 4.69) is 50.1 Å². The molecule has 1 atom stereocenters. The van der Waals surface area contributed by atoms with Gasteiger partial charge < -0.3 is 35.5 Å². The Labute approximate surface area is 298 Å². The highest BCUT2D eigenvalue weighted by atomic mass is 16.6. The lowest BCUT2D eigenvalue weighted by atomic mass is 10.0. The van der Waals surface area contributed by atoms with Gasteiger partial charge in [0, 0.05) is 48.9 Å². The second-order valence-corrected chi connectivity index (χ2v) is 13.1. The number of aromatic amines is 1. The van der Waals surface area contributed by atoms with Gasteiger partial charge in [-0.25, -0.2) is 4.79 Å². The first kappa shape index (κ1) is 35.7. The first-order valence-electron chi connectivity index (χ1n) is 17.8. The predicted molar refractivity (Wildman–Crippen MR) is 203 cm³/mol. The maximum atomic E-state index is 12.7. The molecule has 1 aromatic heterocycles. The number of nitrogens with zero attached hydrogens (tertiary/aromatic N) is 1. The second kappa shape index (κ2) is 17.7. The van der Waals surface area contributed by atoms with E-state index in [1.165, 1.54) is 17.7 Å². The molecule has 6 rings (SSSR count). The van der Waals surface area contributed by atoms with Crippen LogP contribution in [0.3, 0.4) is 0 Å². The van der Waals surface area contributed by atoms with Crippen LogP contribution in [-0.2, 0) is 11.2 Å². The molecule has 0 saturated carbocycles. The van der Waals surface area contributed by atoms with Gasteiger partial charge in [-0.15, -0.1) is 0 Å². The number of para-hydroxylation sites is 1. The molecule has 266 valence electrons. The van der Waals surface area contributed by atoms with Crippen molar-refractivity contribution in [2.75, 3.05) is 49.9 Å². The SMILES string of the molecule is O=C(Nc1ccccc1-c1ccccc1)OC1CCN(CCCCNc2ccc(CCNCC(O)c3ccc(O)c4[nH]c(=O)ccc34)cc2)CC1. The number of carbonyl (C=O) groups excluding carboxylic acids is 1. The van der Waals surface area contributed by atoms with Crippen LogP contribution in [0.15, 0.2) is 108 Å². The Morgan fingerprint density at radius 1 is 0.882 bits per heavy atom. The molecule has 1 unspecified atom stereocenters. The molecule has 4 aromatic carbocycles. The average molecular weight is 690 g/mol. The van der Waals surface area contributed by atoms with Crippen LogP contribution in [0.5, 0.6) is 5.75 Å². The standard InChI is InChI=1S/C41H47N5O5/c47-37-18-16-34(35-17-19-39(49)45-40(35)37)38(48)28-42-24-20-29-12-14-31(15-13-29)43-23-6-7-25-46-26-21-32(22-27-46)51-41(50)44-36-11-5-4-10-33(36)30-8-2-1-3-9-30/h1-5,8-19,32,38,42-43,47-48H,6-7,20-28H2,(H,44,50)(H,45,49). The van der Waals surface area contributed by atoms with Crippen molar-refractivity contribution < 1.29 is 19.7 Å². The summed E-state index contributed by atoms with van der Waals surface area (Å²) in [7, 11) is 0. The smallest absolute Gasteiger partial charge is 0.411 e. The van der Waals surface area contributed by atoms with Gasteiger partial charge in [-0.2, -0.15) is 0 Å². The number of unbranched alkanes of at least 4 members (excludes halogenated alkanes) is 1. The van der Waals surface area contributed by atoms with Crippen LogP contribution in [-0.4, -0.2) is 71.6 Å². The Balaban J connectivity index is 0.827. The summed E-state index contributed by atoms with van der Waals surface area (Å²) in [5.74, 6) is -0.0194. The fourth-order valence-corrected chi connectivity index (χ4v) is 6.62. The maximum Gasteiger partial charge on any atom is 0.411 e. The number of nitrogens with one attached hydrogen (secondary N) is 4. The van der Waals surface area contributed by atoms with Crippen molar-refractivity contribution in [3.8, 4) is 16.9 Å². The van der Waals surface area contributed by atoms with Crippen LogP contribution >= 0.6 is 0 Å². The summed E-state index contributed by atoms with van der Waals surface area (Å²) in [5.41, 5.74) is 5.76. The molecule has 10 heteroatoms. The lowest BCUT2D eigenvalue weighted by Crippen LogP contribution is -2.39. The fraction of sp³-hybridized carbons (Fsp3) is 0.317. The number of rotatable bonds is 15. The van der Waals surface area contributed by atoms with E-state index >= 15 is 0 Å². The highest BCUT2D eigenvalue weighted by Gasteiger charge is 2.22. The minimum atomic E-state index is -0.778. The van der Waals surface area contributed by atoms with E-state index in [9.17, 15) is 19.8 Å². The Hall–Kier alpha value is -5.16. The van der Waals surface area contributed by atoms with Crippen molar-refractivity contribution >= 4 is 28.4 Å². The molecule has 1 aliphatic rings. The van der Waals surface area contributed by atoms with Gasteiger partial charge in [-0.05, 0) is 92.2 Å². The number of aliphatic hydroxyl groups excluding tert-OH is 1. The molecule has 0 aliphatic carbocycles.